The van der Waals surface area contributed by atoms with Crippen molar-refractivity contribution in [2.24, 2.45) is 5.41 Å². The number of aromatic hydroxyl groups is 1. The van der Waals surface area contributed by atoms with Crippen LogP contribution in [0.25, 0.3) is 0 Å². The van der Waals surface area contributed by atoms with E-state index in [1.165, 1.54) is 0 Å². The van der Waals surface area contributed by atoms with Crippen molar-refractivity contribution < 1.29 is 19.4 Å². The van der Waals surface area contributed by atoms with E-state index in [0.29, 0.717) is 19.6 Å². The third-order valence-electron chi connectivity index (χ3n) is 4.17. The molecule has 0 radical (unpaired) electrons. The molecule has 0 spiro atoms. The van der Waals surface area contributed by atoms with Gasteiger partial charge in [0, 0.05) is 19.6 Å². The first-order chi connectivity index (χ1) is 11.9. The van der Waals surface area contributed by atoms with Crippen molar-refractivity contribution in [3.63, 3.8) is 0 Å². The van der Waals surface area contributed by atoms with Crippen LogP contribution in [0.1, 0.15) is 47.1 Å². The van der Waals surface area contributed by atoms with Gasteiger partial charge < -0.3 is 19.6 Å². The van der Waals surface area contributed by atoms with Crippen LogP contribution in [0.15, 0.2) is 24.3 Å². The first kappa shape index (κ1) is 20.1. The van der Waals surface area contributed by atoms with E-state index in [1.54, 1.807) is 28.0 Å². The number of nitrogens with zero attached hydrogens (tertiary/aromatic N) is 2. The summed E-state index contributed by atoms with van der Waals surface area (Å²) >= 11 is 0. The summed E-state index contributed by atoms with van der Waals surface area (Å²) < 4.78 is 5.57. The molecule has 2 rings (SSSR count). The van der Waals surface area contributed by atoms with E-state index in [0.717, 1.165) is 5.56 Å². The summed E-state index contributed by atoms with van der Waals surface area (Å²) in [5.41, 5.74) is -0.200. The zero-order valence-electron chi connectivity index (χ0n) is 16.6. The molecule has 2 amide bonds. The molecule has 26 heavy (non-hydrogen) atoms. The molecule has 0 saturated carbocycles. The number of urea groups is 1. The van der Waals surface area contributed by atoms with Crippen LogP contribution in [0.2, 0.25) is 0 Å². The summed E-state index contributed by atoms with van der Waals surface area (Å²) in [6.07, 6.45) is 0. The molecule has 0 unspecified atom stereocenters. The molecule has 1 aliphatic heterocycles. The number of esters is 1. The lowest BCUT2D eigenvalue weighted by Crippen LogP contribution is -2.52. The maximum Gasteiger partial charge on any atom is 0.329 e. The van der Waals surface area contributed by atoms with Gasteiger partial charge in [-0.2, -0.15) is 0 Å². The summed E-state index contributed by atoms with van der Waals surface area (Å²) in [6, 6.07) is 6.03. The van der Waals surface area contributed by atoms with E-state index in [2.05, 4.69) is 0 Å². The van der Waals surface area contributed by atoms with Crippen molar-refractivity contribution in [1.29, 1.82) is 0 Å². The van der Waals surface area contributed by atoms with Crippen LogP contribution in [0, 0.1) is 5.41 Å². The SMILES string of the molecule is CC(C)(C)OC(=O)[C@@H](N1CCN(Cc2cccc(O)c2)C1=O)C(C)(C)C. The fraction of sp³-hybridized carbons (Fsp3) is 0.600. The highest BCUT2D eigenvalue weighted by Crippen LogP contribution is 2.30. The van der Waals surface area contributed by atoms with Gasteiger partial charge in [0.15, 0.2) is 0 Å². The van der Waals surface area contributed by atoms with Gasteiger partial charge in [0.1, 0.15) is 17.4 Å². The second-order valence-electron chi connectivity index (χ2n) is 8.87. The number of hydrogen-bond donors (Lipinski definition) is 1. The molecule has 144 valence electrons. The minimum Gasteiger partial charge on any atom is -0.508 e. The molecular formula is C20H30N2O4. The third-order valence-corrected chi connectivity index (χ3v) is 4.17. The van der Waals surface area contributed by atoms with Gasteiger partial charge in [-0.1, -0.05) is 32.9 Å². The smallest absolute Gasteiger partial charge is 0.329 e. The Hall–Kier alpha value is -2.24. The fourth-order valence-corrected chi connectivity index (χ4v) is 3.17. The van der Waals surface area contributed by atoms with E-state index >= 15 is 0 Å². The number of rotatable bonds is 4. The van der Waals surface area contributed by atoms with Crippen LogP contribution in [0.3, 0.4) is 0 Å². The zero-order chi connectivity index (χ0) is 19.7. The van der Waals surface area contributed by atoms with Crippen LogP contribution in [-0.4, -0.2) is 51.6 Å². The summed E-state index contributed by atoms with van der Waals surface area (Å²) in [5.74, 6) is -0.204. The van der Waals surface area contributed by atoms with Gasteiger partial charge in [0.2, 0.25) is 0 Å². The fourth-order valence-electron chi connectivity index (χ4n) is 3.17. The average molecular weight is 362 g/mol. The quantitative estimate of drug-likeness (QED) is 0.834. The molecule has 6 heteroatoms. The molecule has 1 saturated heterocycles. The van der Waals surface area contributed by atoms with E-state index in [1.807, 2.05) is 47.6 Å². The number of phenolic OH excluding ortho intramolecular Hbond substituents is 1. The lowest BCUT2D eigenvalue weighted by Gasteiger charge is -2.37. The molecule has 0 aliphatic carbocycles. The number of ether oxygens (including phenoxy) is 1. The van der Waals surface area contributed by atoms with Crippen molar-refractivity contribution in [3.8, 4) is 5.75 Å². The van der Waals surface area contributed by atoms with E-state index in [4.69, 9.17) is 4.74 Å². The second-order valence-corrected chi connectivity index (χ2v) is 8.87. The summed E-state index contributed by atoms with van der Waals surface area (Å²) in [7, 11) is 0. The van der Waals surface area contributed by atoms with Crippen molar-refractivity contribution in [3.05, 3.63) is 29.8 Å². The normalized spacial score (nSPS) is 16.8. The second kappa shape index (κ2) is 7.17. The van der Waals surface area contributed by atoms with Crippen LogP contribution in [0.5, 0.6) is 5.75 Å². The number of amides is 2. The minimum atomic E-state index is -0.650. The van der Waals surface area contributed by atoms with Crippen molar-refractivity contribution in [2.75, 3.05) is 13.1 Å². The molecule has 0 aromatic heterocycles. The molecule has 1 N–H and O–H groups in total. The number of carbonyl (C=O) groups excluding carboxylic acids is 2. The number of benzene rings is 1. The molecule has 1 fully saturated rings. The predicted octanol–water partition coefficient (Wildman–Crippen LogP) is 3.39. The maximum absolute atomic E-state index is 12.9. The van der Waals surface area contributed by atoms with Crippen LogP contribution in [-0.2, 0) is 16.1 Å². The Labute approximate surface area is 155 Å². The number of phenols is 1. The Morgan fingerprint density at radius 2 is 1.85 bits per heavy atom. The summed E-state index contributed by atoms with van der Waals surface area (Å²) in [6.45, 7) is 12.7. The Kier molecular flexibility index (Phi) is 5.54. The number of hydrogen-bond acceptors (Lipinski definition) is 4. The minimum absolute atomic E-state index is 0.173. The molecule has 0 bridgehead atoms. The predicted molar refractivity (Wildman–Crippen MR) is 99.7 cm³/mol. The van der Waals surface area contributed by atoms with Gasteiger partial charge in [-0.05, 0) is 43.9 Å². The average Bonchev–Trinajstić information content (AvgIpc) is 2.77. The Balaban J connectivity index is 2.17. The first-order valence-electron chi connectivity index (χ1n) is 8.95. The van der Waals surface area contributed by atoms with Crippen molar-refractivity contribution in [1.82, 2.24) is 9.80 Å². The van der Waals surface area contributed by atoms with E-state index in [9.17, 15) is 14.7 Å². The molecule has 1 aliphatic rings. The van der Waals surface area contributed by atoms with Crippen LogP contribution in [0.4, 0.5) is 4.79 Å². The number of carbonyl (C=O) groups is 2. The lowest BCUT2D eigenvalue weighted by atomic mass is 9.85. The highest BCUT2D eigenvalue weighted by molar-refractivity contribution is 5.85. The molecule has 1 atom stereocenters. The van der Waals surface area contributed by atoms with E-state index in [-0.39, 0.29) is 17.7 Å². The monoisotopic (exact) mass is 362 g/mol. The van der Waals surface area contributed by atoms with Gasteiger partial charge in [-0.25, -0.2) is 9.59 Å². The zero-order valence-corrected chi connectivity index (χ0v) is 16.6. The molecule has 1 heterocycles. The summed E-state index contributed by atoms with van der Waals surface area (Å²) in [4.78, 5) is 29.0. The van der Waals surface area contributed by atoms with Gasteiger partial charge in [0.25, 0.3) is 0 Å². The molecule has 1 aromatic rings. The van der Waals surface area contributed by atoms with Gasteiger partial charge in [0.05, 0.1) is 0 Å². The Morgan fingerprint density at radius 3 is 2.38 bits per heavy atom. The van der Waals surface area contributed by atoms with Gasteiger partial charge in [-0.15, -0.1) is 0 Å². The highest BCUT2D eigenvalue weighted by Gasteiger charge is 2.45. The van der Waals surface area contributed by atoms with Crippen LogP contribution >= 0.6 is 0 Å². The lowest BCUT2D eigenvalue weighted by molar-refractivity contribution is -0.164. The standard InChI is InChI=1S/C20H30N2O4/c1-19(2,3)16(17(24)26-20(4,5)6)22-11-10-21(18(22)25)13-14-8-7-9-15(23)12-14/h7-9,12,16,23H,10-11,13H2,1-6H3/t16-/m1/s1. The molecular weight excluding hydrogens is 332 g/mol. The topological polar surface area (TPSA) is 70.1 Å². The van der Waals surface area contributed by atoms with Gasteiger partial charge >= 0.3 is 12.0 Å². The van der Waals surface area contributed by atoms with E-state index < -0.39 is 17.1 Å². The summed E-state index contributed by atoms with van der Waals surface area (Å²) in [5, 5.41) is 9.61. The van der Waals surface area contributed by atoms with Gasteiger partial charge in [-0.3, -0.25) is 0 Å². The maximum atomic E-state index is 12.9. The van der Waals surface area contributed by atoms with Crippen molar-refractivity contribution >= 4 is 12.0 Å². The highest BCUT2D eigenvalue weighted by atomic mass is 16.6. The largest absolute Gasteiger partial charge is 0.508 e. The Bertz CT molecular complexity index is 673. The molecule has 1 aromatic carbocycles. The third kappa shape index (κ3) is 4.90. The molecule has 6 nitrogen and oxygen atoms in total. The first-order valence-corrected chi connectivity index (χ1v) is 8.95. The Morgan fingerprint density at radius 1 is 1.19 bits per heavy atom. The van der Waals surface area contributed by atoms with Crippen LogP contribution < -0.4 is 0 Å². The van der Waals surface area contributed by atoms with Crippen molar-refractivity contribution in [2.45, 2.75) is 59.7 Å².